The minimum absolute atomic E-state index is 0.156. The topological polar surface area (TPSA) is 20.3 Å². The monoisotopic (exact) mass is 281 g/mol. The minimum Gasteiger partial charge on any atom is -0.339 e. The van der Waals surface area contributed by atoms with Crippen molar-refractivity contribution in [3.05, 3.63) is 35.9 Å². The fourth-order valence-corrected chi connectivity index (χ4v) is 2.29. The Morgan fingerprint density at radius 3 is 2.38 bits per heavy atom. The number of amides is 1. The van der Waals surface area contributed by atoms with Gasteiger partial charge in [-0.1, -0.05) is 34.1 Å². The smallest absolute Gasteiger partial charge is 0.253 e. The van der Waals surface area contributed by atoms with Crippen LogP contribution in [-0.4, -0.2) is 28.2 Å². The van der Waals surface area contributed by atoms with Gasteiger partial charge >= 0.3 is 0 Å². The zero-order valence-corrected chi connectivity index (χ0v) is 11.0. The van der Waals surface area contributed by atoms with E-state index in [9.17, 15) is 4.79 Å². The van der Waals surface area contributed by atoms with Crippen molar-refractivity contribution in [2.45, 2.75) is 24.1 Å². The quantitative estimate of drug-likeness (QED) is 0.725. The molecule has 1 aliphatic heterocycles. The molecule has 1 aromatic carbocycles. The molecular weight excluding hydrogens is 266 g/mol. The molecule has 1 amide bonds. The fraction of sp³-hybridized carbons (Fsp3) is 0.462. The molecule has 3 heteroatoms. The molecule has 0 spiro atoms. The highest BCUT2D eigenvalue weighted by Crippen LogP contribution is 2.30. The maximum Gasteiger partial charge on any atom is 0.253 e. The van der Waals surface area contributed by atoms with Gasteiger partial charge in [-0.15, -0.1) is 0 Å². The van der Waals surface area contributed by atoms with E-state index in [0.717, 1.165) is 31.5 Å². The molecule has 0 bridgehead atoms. The van der Waals surface area contributed by atoms with E-state index in [1.165, 1.54) is 0 Å². The number of likely N-dealkylation sites (tertiary alicyclic amines) is 1. The molecule has 1 aliphatic rings. The number of alkyl halides is 1. The number of carbonyl (C=O) groups is 1. The van der Waals surface area contributed by atoms with Crippen LogP contribution in [0.25, 0.3) is 0 Å². The summed E-state index contributed by atoms with van der Waals surface area (Å²) >= 11 is 3.69. The van der Waals surface area contributed by atoms with Crippen molar-refractivity contribution in [3.8, 4) is 0 Å². The van der Waals surface area contributed by atoms with Crippen molar-refractivity contribution in [3.63, 3.8) is 0 Å². The van der Waals surface area contributed by atoms with Gasteiger partial charge in [-0.2, -0.15) is 0 Å². The molecule has 86 valence electrons. The molecule has 0 unspecified atom stereocenters. The van der Waals surface area contributed by atoms with Crippen molar-refractivity contribution in [2.75, 3.05) is 13.1 Å². The number of hydrogen-bond donors (Lipinski definition) is 0. The van der Waals surface area contributed by atoms with E-state index in [1.807, 2.05) is 35.2 Å². The molecule has 1 aromatic rings. The lowest BCUT2D eigenvalue weighted by Gasteiger charge is -2.35. The molecule has 1 saturated heterocycles. The Morgan fingerprint density at radius 1 is 1.25 bits per heavy atom. The number of carbonyl (C=O) groups excluding carboxylic acids is 1. The molecule has 16 heavy (non-hydrogen) atoms. The number of hydrogen-bond acceptors (Lipinski definition) is 1. The first-order valence-electron chi connectivity index (χ1n) is 5.62. The molecule has 1 heterocycles. The van der Waals surface area contributed by atoms with E-state index < -0.39 is 0 Å². The number of nitrogens with zero attached hydrogens (tertiary/aromatic N) is 1. The predicted molar refractivity (Wildman–Crippen MR) is 68.9 cm³/mol. The van der Waals surface area contributed by atoms with Gasteiger partial charge in [0.05, 0.1) is 0 Å². The van der Waals surface area contributed by atoms with Crippen LogP contribution in [0.15, 0.2) is 30.3 Å². The van der Waals surface area contributed by atoms with Crippen molar-refractivity contribution in [1.82, 2.24) is 4.90 Å². The molecule has 2 rings (SSSR count). The Labute approximate surface area is 105 Å². The summed E-state index contributed by atoms with van der Waals surface area (Å²) in [7, 11) is 0. The van der Waals surface area contributed by atoms with E-state index in [4.69, 9.17) is 0 Å². The molecule has 2 nitrogen and oxygen atoms in total. The second-order valence-electron chi connectivity index (χ2n) is 4.57. The average molecular weight is 282 g/mol. The van der Waals surface area contributed by atoms with Crippen LogP contribution in [0.4, 0.5) is 0 Å². The normalized spacial score (nSPS) is 19.5. The summed E-state index contributed by atoms with van der Waals surface area (Å²) < 4.78 is 0.209. The highest BCUT2D eigenvalue weighted by molar-refractivity contribution is 9.10. The molecule has 1 fully saturated rings. The lowest BCUT2D eigenvalue weighted by Crippen LogP contribution is -2.42. The van der Waals surface area contributed by atoms with Gasteiger partial charge in [0.25, 0.3) is 5.91 Å². The zero-order chi connectivity index (χ0) is 11.6. The number of piperidine rings is 1. The summed E-state index contributed by atoms with van der Waals surface area (Å²) in [5.41, 5.74) is 0.792. The van der Waals surface area contributed by atoms with Crippen molar-refractivity contribution < 1.29 is 4.79 Å². The average Bonchev–Trinajstić information content (AvgIpc) is 2.29. The van der Waals surface area contributed by atoms with Crippen LogP contribution in [0, 0.1) is 0 Å². The SMILES string of the molecule is CC1(Br)CCN(C(=O)c2ccccc2)CC1. The van der Waals surface area contributed by atoms with Gasteiger partial charge < -0.3 is 4.90 Å². The minimum atomic E-state index is 0.156. The van der Waals surface area contributed by atoms with E-state index in [1.54, 1.807) is 0 Å². The number of rotatable bonds is 1. The van der Waals surface area contributed by atoms with Crippen molar-refractivity contribution >= 4 is 21.8 Å². The third-order valence-electron chi connectivity index (χ3n) is 3.11. The second kappa shape index (κ2) is 4.58. The molecule has 0 aliphatic carbocycles. The van der Waals surface area contributed by atoms with Gasteiger partial charge in [-0.05, 0) is 31.9 Å². The van der Waals surface area contributed by atoms with E-state index >= 15 is 0 Å². The molecule has 0 saturated carbocycles. The number of benzene rings is 1. The summed E-state index contributed by atoms with van der Waals surface area (Å²) in [5.74, 6) is 0.156. The first-order valence-corrected chi connectivity index (χ1v) is 6.41. The van der Waals surface area contributed by atoms with Crippen LogP contribution >= 0.6 is 15.9 Å². The van der Waals surface area contributed by atoms with E-state index in [0.29, 0.717) is 0 Å². The maximum atomic E-state index is 12.1. The van der Waals surface area contributed by atoms with Crippen molar-refractivity contribution in [1.29, 1.82) is 0 Å². The van der Waals surface area contributed by atoms with Crippen LogP contribution in [-0.2, 0) is 0 Å². The third-order valence-corrected chi connectivity index (χ3v) is 3.91. The van der Waals surface area contributed by atoms with Gasteiger partial charge in [0.1, 0.15) is 0 Å². The number of halogens is 1. The molecule has 0 radical (unpaired) electrons. The molecule has 0 N–H and O–H groups in total. The van der Waals surface area contributed by atoms with E-state index in [-0.39, 0.29) is 10.2 Å². The van der Waals surface area contributed by atoms with Crippen LogP contribution < -0.4 is 0 Å². The highest BCUT2D eigenvalue weighted by Gasteiger charge is 2.29. The van der Waals surface area contributed by atoms with Gasteiger partial charge in [0, 0.05) is 23.0 Å². The third kappa shape index (κ3) is 2.64. The summed E-state index contributed by atoms with van der Waals surface area (Å²) in [6.45, 7) is 3.88. The summed E-state index contributed by atoms with van der Waals surface area (Å²) in [5, 5.41) is 0. The largest absolute Gasteiger partial charge is 0.339 e. The molecule has 0 aromatic heterocycles. The predicted octanol–water partition coefficient (Wildman–Crippen LogP) is 3.08. The zero-order valence-electron chi connectivity index (χ0n) is 9.45. The lowest BCUT2D eigenvalue weighted by molar-refractivity contribution is 0.0711. The van der Waals surface area contributed by atoms with Gasteiger partial charge in [-0.3, -0.25) is 4.79 Å². The van der Waals surface area contributed by atoms with Crippen LogP contribution in [0.5, 0.6) is 0 Å². The molecule has 0 atom stereocenters. The highest BCUT2D eigenvalue weighted by atomic mass is 79.9. The summed E-state index contributed by atoms with van der Waals surface area (Å²) in [6.07, 6.45) is 2.04. The van der Waals surface area contributed by atoms with E-state index in [2.05, 4.69) is 22.9 Å². The summed E-state index contributed by atoms with van der Waals surface area (Å²) in [6, 6.07) is 9.51. The fourth-order valence-electron chi connectivity index (χ4n) is 1.94. The first kappa shape index (κ1) is 11.6. The lowest BCUT2D eigenvalue weighted by atomic mass is 9.98. The Balaban J connectivity index is 2.03. The van der Waals surface area contributed by atoms with Gasteiger partial charge in [0.15, 0.2) is 0 Å². The first-order chi connectivity index (χ1) is 7.58. The Kier molecular flexibility index (Phi) is 3.33. The summed E-state index contributed by atoms with van der Waals surface area (Å²) in [4.78, 5) is 14.1. The standard InChI is InChI=1S/C13H16BrNO/c1-13(14)7-9-15(10-8-13)12(16)11-5-3-2-4-6-11/h2-6H,7-10H2,1H3. The van der Waals surface area contributed by atoms with Gasteiger partial charge in [-0.25, -0.2) is 0 Å². The molecular formula is C13H16BrNO. The second-order valence-corrected chi connectivity index (χ2v) is 6.49. The van der Waals surface area contributed by atoms with Crippen LogP contribution in [0.1, 0.15) is 30.1 Å². The van der Waals surface area contributed by atoms with Crippen LogP contribution in [0.2, 0.25) is 0 Å². The Morgan fingerprint density at radius 2 is 1.81 bits per heavy atom. The van der Waals surface area contributed by atoms with Crippen molar-refractivity contribution in [2.24, 2.45) is 0 Å². The Hall–Kier alpha value is -0.830. The Bertz CT molecular complexity index is 365. The van der Waals surface area contributed by atoms with Crippen LogP contribution in [0.3, 0.4) is 0 Å². The maximum absolute atomic E-state index is 12.1. The van der Waals surface area contributed by atoms with Gasteiger partial charge in [0.2, 0.25) is 0 Å².